The Labute approximate surface area is 149 Å². The summed E-state index contributed by atoms with van der Waals surface area (Å²) in [6, 6.07) is 0. The fraction of sp³-hybridized carbons (Fsp3) is 0.625. The average molecular weight is 377 g/mol. The van der Waals surface area contributed by atoms with Crippen LogP contribution in [-0.2, 0) is 29.2 Å². The molecule has 0 heterocycles. The summed E-state index contributed by atoms with van der Waals surface area (Å²) in [6.45, 7) is 11.3. The molecule has 0 aliphatic rings. The van der Waals surface area contributed by atoms with Gasteiger partial charge < -0.3 is 14.8 Å². The number of hydrogen-bond acceptors (Lipinski definition) is 7. The number of carbonyl (C=O) groups is 2. The van der Waals surface area contributed by atoms with Crippen LogP contribution in [0.2, 0.25) is 0 Å². The van der Waals surface area contributed by atoms with Crippen LogP contribution in [-0.4, -0.2) is 50.5 Å². The molecule has 1 atom stereocenters. The molecule has 0 saturated heterocycles. The van der Waals surface area contributed by atoms with Gasteiger partial charge in [-0.05, 0) is 33.7 Å². The van der Waals surface area contributed by atoms with Gasteiger partial charge in [-0.15, -0.1) is 0 Å². The zero-order chi connectivity index (χ0) is 19.8. The van der Waals surface area contributed by atoms with Gasteiger partial charge in [-0.1, -0.05) is 20.1 Å². The van der Waals surface area contributed by atoms with E-state index >= 15 is 0 Å². The fourth-order valence-electron chi connectivity index (χ4n) is 2.24. The molecule has 0 spiro atoms. The van der Waals surface area contributed by atoms with E-state index in [0.717, 1.165) is 0 Å². The van der Waals surface area contributed by atoms with Crippen molar-refractivity contribution in [2.45, 2.75) is 39.0 Å². The average Bonchev–Trinajstić information content (AvgIpc) is 2.45. The molecule has 0 fully saturated rings. The van der Waals surface area contributed by atoms with Gasteiger partial charge in [-0.2, -0.15) is 8.42 Å². The number of hydrogen-bond donors (Lipinski definition) is 2. The molecule has 0 aromatic heterocycles. The van der Waals surface area contributed by atoms with Crippen LogP contribution in [0, 0.1) is 5.41 Å². The number of ether oxygens (including phenoxy) is 2. The first-order valence-electron chi connectivity index (χ1n) is 7.64. The summed E-state index contributed by atoms with van der Waals surface area (Å²) in [6.07, 6.45) is 0.226. The van der Waals surface area contributed by atoms with Crippen LogP contribution >= 0.6 is 0 Å². The van der Waals surface area contributed by atoms with E-state index in [2.05, 4.69) is 18.5 Å². The van der Waals surface area contributed by atoms with E-state index in [4.69, 9.17) is 9.47 Å². The number of nitrogens with one attached hydrogen (secondary N) is 1. The van der Waals surface area contributed by atoms with Crippen LogP contribution in [0.1, 0.15) is 33.6 Å². The van der Waals surface area contributed by atoms with Crippen molar-refractivity contribution in [2.24, 2.45) is 5.41 Å². The molecule has 0 radical (unpaired) electrons. The summed E-state index contributed by atoms with van der Waals surface area (Å²) in [7, 11) is -3.05. The van der Waals surface area contributed by atoms with Crippen LogP contribution < -0.4 is 5.32 Å². The standard InChI is InChI=1S/C16H27NO7S/c1-11(2)13(18)23-9-7-16(5,15(17-6)25(20,21)22)8-10-24-14(19)12(3)4/h15,17H,1,3,7-10H2,2,4-6H3,(H,20,21,22). The maximum absolute atomic E-state index is 11.7. The molecule has 25 heavy (non-hydrogen) atoms. The minimum absolute atomic E-state index is 0.0790. The predicted octanol–water partition coefficient (Wildman–Crippen LogP) is 1.44. The highest BCUT2D eigenvalue weighted by Crippen LogP contribution is 2.33. The minimum atomic E-state index is -4.43. The first-order chi connectivity index (χ1) is 11.3. The van der Waals surface area contributed by atoms with E-state index in [0.29, 0.717) is 0 Å². The van der Waals surface area contributed by atoms with E-state index in [1.807, 2.05) is 0 Å². The van der Waals surface area contributed by atoms with Crippen molar-refractivity contribution < 1.29 is 32.0 Å². The Balaban J connectivity index is 5.15. The third-order valence-electron chi connectivity index (χ3n) is 3.70. The van der Waals surface area contributed by atoms with Crippen LogP contribution in [0.3, 0.4) is 0 Å². The molecule has 2 N–H and O–H groups in total. The Morgan fingerprint density at radius 1 is 1.08 bits per heavy atom. The molecule has 9 heteroatoms. The van der Waals surface area contributed by atoms with Crippen molar-refractivity contribution in [2.75, 3.05) is 20.3 Å². The summed E-state index contributed by atoms with van der Waals surface area (Å²) in [5.41, 5.74) is -0.623. The highest BCUT2D eigenvalue weighted by Gasteiger charge is 2.41. The Kier molecular flexibility index (Phi) is 9.03. The lowest BCUT2D eigenvalue weighted by molar-refractivity contribution is -0.140. The normalized spacial score (nSPS) is 13.0. The van der Waals surface area contributed by atoms with E-state index in [-0.39, 0.29) is 37.2 Å². The van der Waals surface area contributed by atoms with Gasteiger partial charge in [0.1, 0.15) is 5.37 Å². The first-order valence-corrected chi connectivity index (χ1v) is 9.14. The first kappa shape index (κ1) is 23.3. The van der Waals surface area contributed by atoms with Crippen LogP contribution in [0.25, 0.3) is 0 Å². The lowest BCUT2D eigenvalue weighted by atomic mass is 9.83. The second-order valence-electron chi connectivity index (χ2n) is 6.17. The summed E-state index contributed by atoms with van der Waals surface area (Å²) in [5.74, 6) is -1.19. The van der Waals surface area contributed by atoms with Gasteiger partial charge in [0, 0.05) is 16.6 Å². The monoisotopic (exact) mass is 377 g/mol. The maximum atomic E-state index is 11.7. The lowest BCUT2D eigenvalue weighted by Crippen LogP contribution is -2.48. The molecule has 0 aromatic carbocycles. The van der Waals surface area contributed by atoms with Gasteiger partial charge in [-0.25, -0.2) is 9.59 Å². The van der Waals surface area contributed by atoms with Crippen LogP contribution in [0.15, 0.2) is 24.3 Å². The van der Waals surface area contributed by atoms with Gasteiger partial charge in [-0.3, -0.25) is 4.55 Å². The predicted molar refractivity (Wildman–Crippen MR) is 93.3 cm³/mol. The van der Waals surface area contributed by atoms with Gasteiger partial charge >= 0.3 is 11.9 Å². The van der Waals surface area contributed by atoms with Crippen LogP contribution in [0.4, 0.5) is 0 Å². The lowest BCUT2D eigenvalue weighted by Gasteiger charge is -2.35. The van der Waals surface area contributed by atoms with Gasteiger partial charge in [0.15, 0.2) is 0 Å². The molecule has 0 saturated carbocycles. The van der Waals surface area contributed by atoms with Crippen molar-refractivity contribution in [3.8, 4) is 0 Å². The van der Waals surface area contributed by atoms with Crippen molar-refractivity contribution in [1.29, 1.82) is 0 Å². The topological polar surface area (TPSA) is 119 Å². The Morgan fingerprint density at radius 2 is 1.44 bits per heavy atom. The molecule has 144 valence electrons. The molecule has 0 amide bonds. The van der Waals surface area contributed by atoms with E-state index < -0.39 is 32.8 Å². The second-order valence-corrected chi connectivity index (χ2v) is 7.67. The van der Waals surface area contributed by atoms with Gasteiger partial charge in [0.05, 0.1) is 13.2 Å². The summed E-state index contributed by atoms with van der Waals surface area (Å²) in [4.78, 5) is 22.9. The zero-order valence-electron chi connectivity index (χ0n) is 15.1. The second kappa shape index (κ2) is 9.69. The maximum Gasteiger partial charge on any atom is 0.333 e. The molecule has 8 nitrogen and oxygen atoms in total. The number of esters is 2. The third kappa shape index (κ3) is 7.80. The molecule has 0 aliphatic heterocycles. The highest BCUT2D eigenvalue weighted by molar-refractivity contribution is 7.86. The minimum Gasteiger partial charge on any atom is -0.462 e. The van der Waals surface area contributed by atoms with Crippen molar-refractivity contribution >= 4 is 22.1 Å². The summed E-state index contributed by atoms with van der Waals surface area (Å²) < 4.78 is 42.8. The summed E-state index contributed by atoms with van der Waals surface area (Å²) >= 11 is 0. The van der Waals surface area contributed by atoms with E-state index in [1.165, 1.54) is 20.9 Å². The zero-order valence-corrected chi connectivity index (χ0v) is 15.9. The molecule has 0 aliphatic carbocycles. The largest absolute Gasteiger partial charge is 0.462 e. The molecule has 0 aromatic rings. The van der Waals surface area contributed by atoms with Crippen molar-refractivity contribution in [1.82, 2.24) is 5.32 Å². The third-order valence-corrected chi connectivity index (χ3v) is 5.10. The molecule has 1 unspecified atom stereocenters. The Morgan fingerprint density at radius 3 is 1.68 bits per heavy atom. The molecular weight excluding hydrogens is 350 g/mol. The van der Waals surface area contributed by atoms with Crippen molar-refractivity contribution in [3.63, 3.8) is 0 Å². The number of rotatable bonds is 11. The quantitative estimate of drug-likeness (QED) is 0.315. The smallest absolute Gasteiger partial charge is 0.333 e. The molecule has 0 rings (SSSR count). The Bertz CT molecular complexity index is 592. The van der Waals surface area contributed by atoms with E-state index in [1.54, 1.807) is 6.92 Å². The SMILES string of the molecule is C=C(C)C(=O)OCCC(C)(CCOC(=O)C(=C)C)C(NC)S(=O)(=O)O. The highest BCUT2D eigenvalue weighted by atomic mass is 32.2. The fourth-order valence-corrected chi connectivity index (χ4v) is 3.50. The van der Waals surface area contributed by atoms with Crippen molar-refractivity contribution in [3.05, 3.63) is 24.3 Å². The van der Waals surface area contributed by atoms with Crippen LogP contribution in [0.5, 0.6) is 0 Å². The molecular formula is C16H27NO7S. The van der Waals surface area contributed by atoms with Gasteiger partial charge in [0.2, 0.25) is 0 Å². The van der Waals surface area contributed by atoms with Gasteiger partial charge in [0.25, 0.3) is 10.1 Å². The number of carbonyl (C=O) groups excluding carboxylic acids is 2. The molecule has 0 bridgehead atoms. The Hall–Kier alpha value is -1.71. The summed E-state index contributed by atoms with van der Waals surface area (Å²) in [5, 5.41) is 1.22. The van der Waals surface area contributed by atoms with E-state index in [9.17, 15) is 22.6 Å².